The number of nitrogens with one attached hydrogen (secondary N) is 2. The van der Waals surface area contributed by atoms with E-state index in [0.29, 0.717) is 5.69 Å². The summed E-state index contributed by atoms with van der Waals surface area (Å²) in [5.74, 6) is 0. The van der Waals surface area contributed by atoms with Gasteiger partial charge in [0.05, 0.1) is 5.69 Å². The van der Waals surface area contributed by atoms with Crippen molar-refractivity contribution in [1.82, 2.24) is 5.20 Å². The minimum absolute atomic E-state index is 0.626. The summed E-state index contributed by atoms with van der Waals surface area (Å²) in [5, 5.41) is 3.84. The first-order valence-electron chi connectivity index (χ1n) is 4.63. The van der Waals surface area contributed by atoms with E-state index in [2.05, 4.69) is 5.43 Å². The van der Waals surface area contributed by atoms with Crippen molar-refractivity contribution in [3.05, 3.63) is 42.5 Å². The minimum atomic E-state index is -4.27. The Hall–Kier alpha value is -1.39. The fourth-order valence-electron chi connectivity index (χ4n) is 1.47. The third-order valence-electron chi connectivity index (χ3n) is 2.13. The van der Waals surface area contributed by atoms with E-state index in [1.165, 1.54) is 0 Å². The first kappa shape index (κ1) is 11.1. The van der Waals surface area contributed by atoms with Gasteiger partial charge < -0.3 is 15.2 Å². The van der Waals surface area contributed by atoms with Crippen LogP contribution >= 0.6 is 7.75 Å². The van der Waals surface area contributed by atoms with Gasteiger partial charge in [0.1, 0.15) is 0 Å². The van der Waals surface area contributed by atoms with E-state index in [-0.39, 0.29) is 0 Å². The van der Waals surface area contributed by atoms with Crippen LogP contribution < -0.4 is 10.6 Å². The predicted molar refractivity (Wildman–Crippen MR) is 62.8 cm³/mol. The molecule has 0 fully saturated rings. The summed E-state index contributed by atoms with van der Waals surface area (Å²) in [6.45, 7) is 0. The smallest absolute Gasteiger partial charge is 0.311 e. The Kier molecular flexibility index (Phi) is 2.94. The minimum Gasteiger partial charge on any atom is -0.311 e. The molecule has 16 heavy (non-hydrogen) atoms. The van der Waals surface area contributed by atoms with Crippen molar-refractivity contribution in [3.63, 3.8) is 0 Å². The maximum atomic E-state index is 10.7. The summed E-state index contributed by atoms with van der Waals surface area (Å²) >= 11 is 0. The Morgan fingerprint density at radius 1 is 1.00 bits per heavy atom. The number of hydrogen-bond acceptors (Lipinski definition) is 2. The lowest BCUT2D eigenvalue weighted by Crippen LogP contribution is -2.17. The number of fused-ring (bicyclic) bond motifs is 1. The van der Waals surface area contributed by atoms with Crippen molar-refractivity contribution in [2.24, 2.45) is 0 Å². The fourth-order valence-corrected chi connectivity index (χ4v) is 1.73. The summed E-state index contributed by atoms with van der Waals surface area (Å²) in [5.41, 5.74) is 3.14. The molecule has 4 N–H and O–H groups in total. The van der Waals surface area contributed by atoms with E-state index in [4.69, 9.17) is 9.79 Å². The number of hydrogen-bond donors (Lipinski definition) is 4. The molecule has 0 bridgehead atoms. The molecule has 0 aliphatic carbocycles. The molecule has 0 amide bonds. The lowest BCUT2D eigenvalue weighted by Gasteiger charge is -2.11. The molecule has 0 aromatic heterocycles. The molecule has 0 saturated heterocycles. The van der Waals surface area contributed by atoms with Crippen molar-refractivity contribution in [3.8, 4) is 0 Å². The highest BCUT2D eigenvalue weighted by atomic mass is 31.2. The summed E-state index contributed by atoms with van der Waals surface area (Å²) in [6, 6.07) is 13.1. The molecule has 0 heterocycles. The monoisotopic (exact) mass is 238 g/mol. The molecule has 0 saturated carbocycles. The average Bonchev–Trinajstić information content (AvgIpc) is 2.25. The molecule has 2 aromatic carbocycles. The maximum Gasteiger partial charge on any atom is 0.417 e. The molecule has 2 rings (SSSR count). The lowest BCUT2D eigenvalue weighted by molar-refractivity contribution is 0.362. The largest absolute Gasteiger partial charge is 0.417 e. The SMILES string of the molecule is O=P(O)(O)NNc1cccc2ccccc12. The highest BCUT2D eigenvalue weighted by Gasteiger charge is 2.11. The van der Waals surface area contributed by atoms with E-state index in [1.807, 2.05) is 41.6 Å². The number of hydrazine groups is 1. The van der Waals surface area contributed by atoms with Gasteiger partial charge in [0, 0.05) is 5.39 Å². The van der Waals surface area contributed by atoms with Gasteiger partial charge in [0.25, 0.3) is 0 Å². The first-order chi connectivity index (χ1) is 7.56. The Balaban J connectivity index is 2.34. The van der Waals surface area contributed by atoms with Gasteiger partial charge in [-0.2, -0.15) is 0 Å². The molecular weight excluding hydrogens is 227 g/mol. The molecule has 0 aliphatic rings. The van der Waals surface area contributed by atoms with Crippen molar-refractivity contribution in [2.75, 3.05) is 5.43 Å². The van der Waals surface area contributed by atoms with E-state index >= 15 is 0 Å². The zero-order chi connectivity index (χ0) is 11.6. The normalized spacial score (nSPS) is 11.6. The molecule has 2 aromatic rings. The summed E-state index contributed by atoms with van der Waals surface area (Å²) < 4.78 is 10.7. The second-order valence-electron chi connectivity index (χ2n) is 3.31. The van der Waals surface area contributed by atoms with Gasteiger partial charge >= 0.3 is 7.75 Å². The average molecular weight is 238 g/mol. The Labute approximate surface area is 92.3 Å². The molecule has 6 heteroatoms. The van der Waals surface area contributed by atoms with Crippen molar-refractivity contribution in [2.45, 2.75) is 0 Å². The quantitative estimate of drug-likeness (QED) is 0.484. The fraction of sp³-hybridized carbons (Fsp3) is 0. The van der Waals surface area contributed by atoms with Gasteiger partial charge in [-0.05, 0) is 11.5 Å². The van der Waals surface area contributed by atoms with Crippen LogP contribution in [-0.2, 0) is 4.57 Å². The van der Waals surface area contributed by atoms with Crippen LogP contribution in [0.15, 0.2) is 42.5 Å². The van der Waals surface area contributed by atoms with Crippen LogP contribution in [0, 0.1) is 0 Å². The zero-order valence-corrected chi connectivity index (χ0v) is 9.19. The number of rotatable bonds is 3. The second kappa shape index (κ2) is 4.23. The van der Waals surface area contributed by atoms with Gasteiger partial charge in [-0.3, -0.25) is 0 Å². The van der Waals surface area contributed by atoms with Crippen LogP contribution in [0.25, 0.3) is 10.8 Å². The van der Waals surface area contributed by atoms with Gasteiger partial charge in [-0.25, -0.2) is 4.57 Å². The third-order valence-corrected chi connectivity index (χ3v) is 2.53. The molecule has 84 valence electrons. The molecule has 0 unspecified atom stereocenters. The Morgan fingerprint density at radius 2 is 1.69 bits per heavy atom. The van der Waals surface area contributed by atoms with E-state index in [0.717, 1.165) is 10.8 Å². The van der Waals surface area contributed by atoms with Gasteiger partial charge in [-0.1, -0.05) is 36.4 Å². The van der Waals surface area contributed by atoms with E-state index < -0.39 is 7.75 Å². The molecule has 0 radical (unpaired) electrons. The molecule has 5 nitrogen and oxygen atoms in total. The van der Waals surface area contributed by atoms with Gasteiger partial charge in [-0.15, -0.1) is 5.20 Å². The zero-order valence-electron chi connectivity index (χ0n) is 8.29. The molecule has 0 spiro atoms. The summed E-state index contributed by atoms with van der Waals surface area (Å²) in [6.07, 6.45) is 0. The molecular formula is C10H11N2O3P. The van der Waals surface area contributed by atoms with Crippen LogP contribution in [0.3, 0.4) is 0 Å². The third kappa shape index (κ3) is 2.59. The van der Waals surface area contributed by atoms with Crippen molar-refractivity contribution in [1.29, 1.82) is 0 Å². The highest BCUT2D eigenvalue weighted by molar-refractivity contribution is 7.49. The maximum absolute atomic E-state index is 10.7. The predicted octanol–water partition coefficient (Wildman–Crippen LogP) is 1.85. The van der Waals surface area contributed by atoms with E-state index in [9.17, 15) is 4.57 Å². The molecule has 0 atom stereocenters. The standard InChI is InChI=1S/C10H11N2O3P/c13-16(14,15)12-11-10-7-3-5-8-4-1-2-6-9(8)10/h1-7,11H,(H3,12,13,14,15). The van der Waals surface area contributed by atoms with Crippen LogP contribution in [-0.4, -0.2) is 9.79 Å². The van der Waals surface area contributed by atoms with Crippen LogP contribution in [0.1, 0.15) is 0 Å². The first-order valence-corrected chi connectivity index (χ1v) is 6.24. The van der Waals surface area contributed by atoms with Crippen LogP contribution in [0.4, 0.5) is 5.69 Å². The summed E-state index contributed by atoms with van der Waals surface area (Å²) in [7, 11) is -4.27. The van der Waals surface area contributed by atoms with Crippen LogP contribution in [0.2, 0.25) is 0 Å². The van der Waals surface area contributed by atoms with Crippen LogP contribution in [0.5, 0.6) is 0 Å². The van der Waals surface area contributed by atoms with Gasteiger partial charge in [0.15, 0.2) is 0 Å². The topological polar surface area (TPSA) is 81.6 Å². The second-order valence-corrected chi connectivity index (χ2v) is 4.62. The Bertz CT molecular complexity index is 547. The Morgan fingerprint density at radius 3 is 2.44 bits per heavy atom. The number of anilines is 1. The van der Waals surface area contributed by atoms with E-state index in [1.54, 1.807) is 6.07 Å². The van der Waals surface area contributed by atoms with Crippen molar-refractivity contribution < 1.29 is 14.4 Å². The van der Waals surface area contributed by atoms with Crippen molar-refractivity contribution >= 4 is 24.2 Å². The highest BCUT2D eigenvalue weighted by Crippen LogP contribution is 2.29. The van der Waals surface area contributed by atoms with Gasteiger partial charge in [0.2, 0.25) is 0 Å². The lowest BCUT2D eigenvalue weighted by atomic mass is 10.1. The summed E-state index contributed by atoms with van der Waals surface area (Å²) in [4.78, 5) is 17.4. The molecule has 0 aliphatic heterocycles. The number of benzene rings is 2.